The summed E-state index contributed by atoms with van der Waals surface area (Å²) in [5.41, 5.74) is 1.52. The molecule has 0 aliphatic carbocycles. The molecule has 0 bridgehead atoms. The summed E-state index contributed by atoms with van der Waals surface area (Å²) in [6.07, 6.45) is 0.875. The van der Waals surface area contributed by atoms with Gasteiger partial charge in [0.05, 0.1) is 5.37 Å². The summed E-state index contributed by atoms with van der Waals surface area (Å²) in [5.74, 6) is 0.546. The number of rotatable bonds is 4. The first-order chi connectivity index (χ1) is 11.7. The lowest BCUT2D eigenvalue weighted by molar-refractivity contribution is -0.125. The molecular weight excluding hydrogens is 332 g/mol. The predicted molar refractivity (Wildman–Crippen MR) is 105 cm³/mol. The van der Waals surface area contributed by atoms with Crippen molar-refractivity contribution >= 4 is 23.6 Å². The van der Waals surface area contributed by atoms with Crippen LogP contribution in [-0.2, 0) is 4.79 Å². The van der Waals surface area contributed by atoms with Gasteiger partial charge in [0.2, 0.25) is 5.91 Å². The Morgan fingerprint density at radius 2 is 1.96 bits per heavy atom. The third-order valence-corrected chi connectivity index (χ3v) is 6.41. The number of hydrogen-bond acceptors (Lipinski definition) is 3. The average molecular weight is 363 g/mol. The lowest BCUT2D eigenvalue weighted by Crippen LogP contribution is -2.53. The molecular formula is C20H30N2O2S. The number of nitrogens with one attached hydrogen (secondary N) is 1. The molecule has 1 N–H and O–H groups in total. The average Bonchev–Trinajstić information content (AvgIpc) is 2.99. The van der Waals surface area contributed by atoms with Gasteiger partial charge in [0.25, 0.3) is 5.91 Å². The molecule has 2 amide bonds. The zero-order chi connectivity index (χ0) is 18.8. The fourth-order valence-corrected chi connectivity index (χ4v) is 4.60. The van der Waals surface area contributed by atoms with Crippen molar-refractivity contribution in [2.45, 2.75) is 65.4 Å². The number of hydrogen-bond donors (Lipinski definition) is 1. The molecule has 1 aromatic rings. The van der Waals surface area contributed by atoms with Gasteiger partial charge in [0, 0.05) is 17.4 Å². The van der Waals surface area contributed by atoms with E-state index in [1.165, 1.54) is 0 Å². The van der Waals surface area contributed by atoms with Crippen molar-refractivity contribution in [3.63, 3.8) is 0 Å². The first-order valence-electron chi connectivity index (χ1n) is 8.97. The van der Waals surface area contributed by atoms with Crippen LogP contribution >= 0.6 is 11.8 Å². The number of thioether (sulfide) groups is 1. The Hall–Kier alpha value is -1.49. The molecule has 1 saturated heterocycles. The van der Waals surface area contributed by atoms with Crippen LogP contribution in [0.15, 0.2) is 24.3 Å². The summed E-state index contributed by atoms with van der Waals surface area (Å²) in [6, 6.07) is 7.29. The van der Waals surface area contributed by atoms with E-state index >= 15 is 0 Å². The monoisotopic (exact) mass is 362 g/mol. The van der Waals surface area contributed by atoms with E-state index in [1.54, 1.807) is 11.8 Å². The Labute approximate surface area is 155 Å². The lowest BCUT2D eigenvalue weighted by Gasteiger charge is -2.37. The van der Waals surface area contributed by atoms with Crippen LogP contribution in [0, 0.1) is 12.3 Å². The van der Waals surface area contributed by atoms with Crippen LogP contribution in [0.2, 0.25) is 0 Å². The van der Waals surface area contributed by atoms with Gasteiger partial charge < -0.3 is 10.2 Å². The molecule has 1 aliphatic rings. The van der Waals surface area contributed by atoms with E-state index in [9.17, 15) is 9.59 Å². The smallest absolute Gasteiger partial charge is 0.255 e. The fourth-order valence-electron chi connectivity index (χ4n) is 3.02. The number of carbonyl (C=O) groups excluding carboxylic acids is 2. The van der Waals surface area contributed by atoms with Gasteiger partial charge in [-0.25, -0.2) is 0 Å². The van der Waals surface area contributed by atoms with Crippen molar-refractivity contribution in [1.29, 1.82) is 0 Å². The largest absolute Gasteiger partial charge is 0.352 e. The van der Waals surface area contributed by atoms with Crippen molar-refractivity contribution in [3.05, 3.63) is 35.4 Å². The predicted octanol–water partition coefficient (Wildman–Crippen LogP) is 3.84. The zero-order valence-electron chi connectivity index (χ0n) is 16.1. The molecule has 3 atom stereocenters. The van der Waals surface area contributed by atoms with Gasteiger partial charge in [-0.2, -0.15) is 0 Å². The van der Waals surface area contributed by atoms with Crippen molar-refractivity contribution in [1.82, 2.24) is 10.2 Å². The second-order valence-electron chi connectivity index (χ2n) is 7.91. The van der Waals surface area contributed by atoms with Crippen LogP contribution in [0.4, 0.5) is 0 Å². The minimum atomic E-state index is -0.421. The molecule has 1 aromatic carbocycles. The first kappa shape index (κ1) is 19.8. The van der Waals surface area contributed by atoms with Gasteiger partial charge in [-0.05, 0) is 37.3 Å². The van der Waals surface area contributed by atoms with Gasteiger partial charge >= 0.3 is 0 Å². The Balaban J connectivity index is 2.36. The second-order valence-corrected chi connectivity index (χ2v) is 9.03. The van der Waals surface area contributed by atoms with Crippen LogP contribution in [0.25, 0.3) is 0 Å². The first-order valence-corrected chi connectivity index (χ1v) is 10.0. The maximum absolute atomic E-state index is 13.3. The van der Waals surface area contributed by atoms with Gasteiger partial charge in [0.15, 0.2) is 0 Å². The van der Waals surface area contributed by atoms with E-state index in [0.717, 1.165) is 12.0 Å². The molecule has 0 radical (unpaired) electrons. The number of aryl methyl sites for hydroxylation is 1. The zero-order valence-corrected chi connectivity index (χ0v) is 16.9. The highest BCUT2D eigenvalue weighted by molar-refractivity contribution is 8.00. The molecule has 1 heterocycles. The molecule has 0 saturated carbocycles. The Morgan fingerprint density at radius 1 is 1.32 bits per heavy atom. The van der Waals surface area contributed by atoms with Crippen LogP contribution in [0.5, 0.6) is 0 Å². The van der Waals surface area contributed by atoms with Crippen molar-refractivity contribution < 1.29 is 9.59 Å². The van der Waals surface area contributed by atoms with E-state index in [0.29, 0.717) is 11.3 Å². The Bertz CT molecular complexity index is 639. The molecule has 25 heavy (non-hydrogen) atoms. The van der Waals surface area contributed by atoms with E-state index < -0.39 is 6.04 Å². The highest BCUT2D eigenvalue weighted by atomic mass is 32.2. The van der Waals surface area contributed by atoms with E-state index in [4.69, 9.17) is 0 Å². The topological polar surface area (TPSA) is 49.4 Å². The highest BCUT2D eigenvalue weighted by Crippen LogP contribution is 2.41. The van der Waals surface area contributed by atoms with Gasteiger partial charge in [-0.1, -0.05) is 45.9 Å². The second kappa shape index (κ2) is 7.81. The van der Waals surface area contributed by atoms with Crippen LogP contribution in [0.1, 0.15) is 57.0 Å². The van der Waals surface area contributed by atoms with Crippen molar-refractivity contribution in [2.24, 2.45) is 5.41 Å². The molecule has 5 heteroatoms. The normalized spacial score (nSPS) is 21.9. The molecule has 4 nitrogen and oxygen atoms in total. The third kappa shape index (κ3) is 4.38. The summed E-state index contributed by atoms with van der Waals surface area (Å²) in [7, 11) is 0. The number of benzene rings is 1. The third-order valence-electron chi connectivity index (χ3n) is 4.65. The number of amides is 2. The number of carbonyl (C=O) groups is 2. The molecule has 138 valence electrons. The molecule has 1 aliphatic heterocycles. The quantitative estimate of drug-likeness (QED) is 0.885. The van der Waals surface area contributed by atoms with Gasteiger partial charge in [0.1, 0.15) is 6.04 Å². The van der Waals surface area contributed by atoms with Gasteiger partial charge in [-0.15, -0.1) is 11.8 Å². The Morgan fingerprint density at radius 3 is 2.52 bits per heavy atom. The summed E-state index contributed by atoms with van der Waals surface area (Å²) in [6.45, 7) is 12.3. The van der Waals surface area contributed by atoms with Crippen LogP contribution < -0.4 is 5.32 Å². The van der Waals surface area contributed by atoms with Crippen LogP contribution in [-0.4, -0.2) is 39.9 Å². The van der Waals surface area contributed by atoms with E-state index in [1.807, 2.05) is 49.9 Å². The minimum absolute atomic E-state index is 0.0210. The maximum atomic E-state index is 13.3. The molecule has 0 aromatic heterocycles. The summed E-state index contributed by atoms with van der Waals surface area (Å²) in [4.78, 5) is 27.9. The summed E-state index contributed by atoms with van der Waals surface area (Å²) in [5, 5.41) is 3.03. The molecule has 2 rings (SSSR count). The minimum Gasteiger partial charge on any atom is -0.352 e. The van der Waals surface area contributed by atoms with E-state index in [-0.39, 0.29) is 28.6 Å². The SMILES string of the molecule is CC[C@H](C)NC(=O)[C@H]1CS[C@H](C(C)(C)C)N1C(=O)c1ccccc1C. The molecule has 1 fully saturated rings. The summed E-state index contributed by atoms with van der Waals surface area (Å²) < 4.78 is 0. The van der Waals surface area contributed by atoms with E-state index in [2.05, 4.69) is 26.1 Å². The highest BCUT2D eigenvalue weighted by Gasteiger charge is 2.46. The fraction of sp³-hybridized carbons (Fsp3) is 0.600. The summed E-state index contributed by atoms with van der Waals surface area (Å²) >= 11 is 1.70. The molecule has 0 unspecified atom stereocenters. The standard InChI is InChI=1S/C20H30N2O2S/c1-7-14(3)21-17(23)16-12-25-19(20(4,5)6)22(16)18(24)15-11-9-8-10-13(15)2/h8-11,14,16,19H,7,12H2,1-6H3,(H,21,23)/t14-,16+,19+/m0/s1. The maximum Gasteiger partial charge on any atom is 0.255 e. The van der Waals surface area contributed by atoms with Crippen molar-refractivity contribution in [3.8, 4) is 0 Å². The number of nitrogens with zero attached hydrogens (tertiary/aromatic N) is 1. The molecule has 0 spiro atoms. The van der Waals surface area contributed by atoms with Crippen molar-refractivity contribution in [2.75, 3.05) is 5.75 Å². The Kier molecular flexibility index (Phi) is 6.20. The van der Waals surface area contributed by atoms with Crippen LogP contribution in [0.3, 0.4) is 0 Å². The lowest BCUT2D eigenvalue weighted by atomic mass is 9.94. The van der Waals surface area contributed by atoms with Gasteiger partial charge in [-0.3, -0.25) is 9.59 Å².